The second-order valence-corrected chi connectivity index (χ2v) is 17.2. The van der Waals surface area contributed by atoms with Crippen LogP contribution in [0.2, 0.25) is 18.1 Å². The number of amides is 1. The van der Waals surface area contributed by atoms with Gasteiger partial charge in [-0.3, -0.25) is 9.69 Å². The molecule has 0 bridgehead atoms. The zero-order valence-electron chi connectivity index (χ0n) is 25.9. The molecule has 1 amide bonds. The number of hydrogen-bond acceptors (Lipinski definition) is 7. The molecule has 0 aromatic carbocycles. The van der Waals surface area contributed by atoms with Crippen molar-refractivity contribution in [3.63, 3.8) is 0 Å². The molecule has 2 aliphatic rings. The van der Waals surface area contributed by atoms with Crippen molar-refractivity contribution in [1.29, 1.82) is 0 Å². The first-order chi connectivity index (χ1) is 17.5. The van der Waals surface area contributed by atoms with Gasteiger partial charge in [0, 0.05) is 11.8 Å². The third kappa shape index (κ3) is 7.61. The number of hydrogen-bond donors (Lipinski definition) is 0. The van der Waals surface area contributed by atoms with Crippen molar-refractivity contribution in [3.05, 3.63) is 11.6 Å². The summed E-state index contributed by atoms with van der Waals surface area (Å²) < 4.78 is 30.4. The van der Waals surface area contributed by atoms with Crippen LogP contribution in [-0.4, -0.2) is 74.7 Å². The molecule has 38 heavy (non-hydrogen) atoms. The lowest BCUT2D eigenvalue weighted by molar-refractivity contribution is -0.165. The number of carbonyl (C=O) groups excluding carboxylic acids is 2. The van der Waals surface area contributed by atoms with Gasteiger partial charge in [0.05, 0.1) is 44.5 Å². The summed E-state index contributed by atoms with van der Waals surface area (Å²) in [5, 5.41) is 0. The fourth-order valence-corrected chi connectivity index (χ4v) is 8.83. The van der Waals surface area contributed by atoms with Crippen molar-refractivity contribution in [2.24, 2.45) is 11.8 Å². The Labute approximate surface area is 231 Å². The molecule has 6 atom stereocenters. The van der Waals surface area contributed by atoms with E-state index in [0.717, 1.165) is 23.7 Å². The molecule has 0 N–H and O–H groups in total. The van der Waals surface area contributed by atoms with Crippen molar-refractivity contribution < 1.29 is 33.0 Å². The maximum absolute atomic E-state index is 13.2. The van der Waals surface area contributed by atoms with E-state index < -0.39 is 25.7 Å². The Morgan fingerprint density at radius 1 is 1.08 bits per heavy atom. The smallest absolute Gasteiger partial charge is 0.413 e. The lowest BCUT2D eigenvalue weighted by Gasteiger charge is -2.48. The molecule has 2 heterocycles. The van der Waals surface area contributed by atoms with Gasteiger partial charge in [-0.05, 0) is 65.2 Å². The van der Waals surface area contributed by atoms with Gasteiger partial charge in [-0.15, -0.1) is 0 Å². The average Bonchev–Trinajstić information content (AvgIpc) is 3.13. The molecule has 0 aromatic rings. The molecule has 0 spiro atoms. The first kappa shape index (κ1) is 32.8. The van der Waals surface area contributed by atoms with Crippen molar-refractivity contribution in [1.82, 2.24) is 4.90 Å². The summed E-state index contributed by atoms with van der Waals surface area (Å²) in [6.45, 7) is 22.7. The fraction of sp³-hybridized carbons (Fsp3) is 0.862. The van der Waals surface area contributed by atoms with Crippen LogP contribution in [0.4, 0.5) is 4.79 Å². The molecule has 220 valence electrons. The van der Waals surface area contributed by atoms with Crippen LogP contribution >= 0.6 is 0 Å². The van der Waals surface area contributed by atoms with E-state index in [1.54, 1.807) is 4.90 Å². The van der Waals surface area contributed by atoms with Crippen LogP contribution in [-0.2, 0) is 28.2 Å². The molecule has 0 radical (unpaired) electrons. The topological polar surface area (TPSA) is 83.5 Å². The molecule has 8 nitrogen and oxygen atoms in total. The third-order valence-electron chi connectivity index (χ3n) is 8.35. The maximum Gasteiger partial charge on any atom is 0.413 e. The summed E-state index contributed by atoms with van der Waals surface area (Å²) in [6, 6.07) is 2.86. The van der Waals surface area contributed by atoms with Crippen LogP contribution in [0, 0.1) is 11.8 Å². The van der Waals surface area contributed by atoms with Crippen LogP contribution < -0.4 is 0 Å². The normalized spacial score (nSPS) is 30.3. The Bertz CT molecular complexity index is 840. The summed E-state index contributed by atoms with van der Waals surface area (Å²) in [6.07, 6.45) is 1.19. The molecule has 9 heteroatoms. The number of esters is 1. The van der Waals surface area contributed by atoms with E-state index in [9.17, 15) is 9.59 Å². The zero-order valence-corrected chi connectivity index (χ0v) is 26.9. The molecular weight excluding hydrogens is 502 g/mol. The van der Waals surface area contributed by atoms with Gasteiger partial charge in [-0.2, -0.15) is 0 Å². The molecule has 2 aliphatic heterocycles. The number of carbonyl (C=O) groups is 2. The van der Waals surface area contributed by atoms with Gasteiger partial charge in [0.2, 0.25) is 0 Å². The Hall–Kier alpha value is -1.42. The maximum atomic E-state index is 13.2. The van der Waals surface area contributed by atoms with Crippen LogP contribution in [0.3, 0.4) is 0 Å². The fourth-order valence-electron chi connectivity index (χ4n) is 5.83. The Balaban J connectivity index is 2.42. The molecule has 0 aromatic heterocycles. The van der Waals surface area contributed by atoms with E-state index >= 15 is 0 Å². The van der Waals surface area contributed by atoms with Gasteiger partial charge in [0.1, 0.15) is 11.3 Å². The van der Waals surface area contributed by atoms with Gasteiger partial charge in [-0.25, -0.2) is 4.79 Å². The Morgan fingerprint density at radius 3 is 2.16 bits per heavy atom. The van der Waals surface area contributed by atoms with Gasteiger partial charge in [-0.1, -0.05) is 40.7 Å². The van der Waals surface area contributed by atoms with Crippen molar-refractivity contribution in [2.75, 3.05) is 13.7 Å². The highest BCUT2D eigenvalue weighted by Gasteiger charge is 2.48. The molecule has 0 unspecified atom stereocenters. The summed E-state index contributed by atoms with van der Waals surface area (Å²) in [5.74, 6) is -0.184. The highest BCUT2D eigenvalue weighted by atomic mass is 28.4. The van der Waals surface area contributed by atoms with E-state index in [0.29, 0.717) is 6.61 Å². The first-order valence-electron chi connectivity index (χ1n) is 14.3. The average molecular weight is 556 g/mol. The van der Waals surface area contributed by atoms with E-state index in [4.69, 9.17) is 23.4 Å². The molecule has 0 aliphatic carbocycles. The molecule has 2 fully saturated rings. The Kier molecular flexibility index (Phi) is 11.1. The summed E-state index contributed by atoms with van der Waals surface area (Å²) >= 11 is 0. The number of nitrogens with zero attached hydrogens (tertiary/aromatic N) is 1. The summed E-state index contributed by atoms with van der Waals surface area (Å²) in [5.41, 5.74) is -0.425. The number of methoxy groups -OCH3 is 1. The minimum absolute atomic E-state index is 0.0386. The lowest BCUT2D eigenvalue weighted by Crippen LogP contribution is -2.55. The standard InChI is InChI=1S/C29H53NO7Si/c1-13-38(14-2,15-3)37-26-20(5)23(17-24(31)33-12)35-25(21(26)6)19(4)16-22-18-34-29(10,11)30(22)27(32)36-28(7,8)9/h16,20-23,25-26H,13-15,17-18H2,1-12H3/b19-16+/t20-,21-,22+,23+,25-,26-/m0/s1. The van der Waals surface area contributed by atoms with Crippen LogP contribution in [0.15, 0.2) is 11.6 Å². The van der Waals surface area contributed by atoms with Crippen molar-refractivity contribution in [3.8, 4) is 0 Å². The van der Waals surface area contributed by atoms with Crippen LogP contribution in [0.1, 0.15) is 82.6 Å². The molecule has 2 rings (SSSR count). The van der Waals surface area contributed by atoms with Gasteiger partial charge in [0.25, 0.3) is 0 Å². The zero-order chi connectivity index (χ0) is 29.1. The highest BCUT2D eigenvalue weighted by molar-refractivity contribution is 6.73. The molecule has 2 saturated heterocycles. The van der Waals surface area contributed by atoms with Gasteiger partial charge < -0.3 is 23.4 Å². The predicted molar refractivity (Wildman–Crippen MR) is 151 cm³/mol. The van der Waals surface area contributed by atoms with E-state index in [1.807, 2.05) is 41.5 Å². The Morgan fingerprint density at radius 2 is 1.66 bits per heavy atom. The van der Waals surface area contributed by atoms with Gasteiger partial charge >= 0.3 is 12.1 Å². The second-order valence-electron chi connectivity index (χ2n) is 12.5. The largest absolute Gasteiger partial charge is 0.469 e. The first-order valence-corrected chi connectivity index (χ1v) is 16.8. The van der Waals surface area contributed by atoms with Crippen LogP contribution in [0.5, 0.6) is 0 Å². The summed E-state index contributed by atoms with van der Waals surface area (Å²) in [7, 11) is -0.507. The second kappa shape index (κ2) is 12.8. The summed E-state index contributed by atoms with van der Waals surface area (Å²) in [4.78, 5) is 27.1. The van der Waals surface area contributed by atoms with E-state index in [-0.39, 0.29) is 48.6 Å². The van der Waals surface area contributed by atoms with Crippen molar-refractivity contribution >= 4 is 20.4 Å². The molecular formula is C29H53NO7Si. The minimum atomic E-state index is -1.91. The van der Waals surface area contributed by atoms with Gasteiger partial charge in [0.15, 0.2) is 8.32 Å². The SMILES string of the molecule is CC[Si](CC)(CC)O[C@H]1[C@@H](C)[C@@H](CC(=O)OC)O[C@@H](/C(C)=C/[C@@H]2COC(C)(C)N2C(=O)OC(C)(C)C)[C@@H]1C. The number of ether oxygens (including phenoxy) is 4. The minimum Gasteiger partial charge on any atom is -0.469 e. The van der Waals surface area contributed by atoms with E-state index in [1.165, 1.54) is 7.11 Å². The quantitative estimate of drug-likeness (QED) is 0.188. The highest BCUT2D eigenvalue weighted by Crippen LogP contribution is 2.40. The molecule has 0 saturated carbocycles. The van der Waals surface area contributed by atoms with E-state index in [2.05, 4.69) is 40.7 Å². The van der Waals surface area contributed by atoms with Crippen molar-refractivity contribution in [2.45, 2.75) is 136 Å². The predicted octanol–water partition coefficient (Wildman–Crippen LogP) is 6.30. The third-order valence-corrected chi connectivity index (χ3v) is 13.0. The number of rotatable bonds is 9. The monoisotopic (exact) mass is 555 g/mol. The van der Waals surface area contributed by atoms with Crippen LogP contribution in [0.25, 0.3) is 0 Å². The lowest BCUT2D eigenvalue weighted by atomic mass is 9.79.